The summed E-state index contributed by atoms with van der Waals surface area (Å²) in [5.74, 6) is 1.06. The molecule has 0 spiro atoms. The second-order valence-corrected chi connectivity index (χ2v) is 7.33. The molecule has 152 valence electrons. The van der Waals surface area contributed by atoms with Gasteiger partial charge >= 0.3 is 5.97 Å². The first kappa shape index (κ1) is 18.2. The van der Waals surface area contributed by atoms with E-state index < -0.39 is 5.97 Å². The van der Waals surface area contributed by atoms with Crippen molar-refractivity contribution < 1.29 is 19.4 Å². The van der Waals surface area contributed by atoms with Crippen LogP contribution in [0.1, 0.15) is 28.4 Å². The first-order valence-electron chi connectivity index (χ1n) is 9.70. The largest absolute Gasteiger partial charge is 0.477 e. The highest BCUT2D eigenvalue weighted by molar-refractivity contribution is 5.93. The molecule has 2 aliphatic rings. The molecule has 0 saturated carbocycles. The second-order valence-electron chi connectivity index (χ2n) is 7.33. The van der Waals surface area contributed by atoms with Crippen LogP contribution in [0.25, 0.3) is 0 Å². The Balaban J connectivity index is 1.45. The molecule has 1 unspecified atom stereocenters. The molecule has 30 heavy (non-hydrogen) atoms. The Morgan fingerprint density at radius 3 is 2.93 bits per heavy atom. The van der Waals surface area contributed by atoms with E-state index >= 15 is 0 Å². The minimum Gasteiger partial charge on any atom is -0.477 e. The predicted molar refractivity (Wildman–Crippen MR) is 111 cm³/mol. The molecule has 3 heterocycles. The fourth-order valence-electron chi connectivity index (χ4n) is 3.89. The Morgan fingerprint density at radius 2 is 2.07 bits per heavy atom. The summed E-state index contributed by atoms with van der Waals surface area (Å²) in [6.45, 7) is 2.70. The molecule has 8 nitrogen and oxygen atoms in total. The molecule has 2 aliphatic heterocycles. The molecule has 0 radical (unpaired) electrons. The van der Waals surface area contributed by atoms with E-state index in [0.717, 1.165) is 17.7 Å². The van der Waals surface area contributed by atoms with Gasteiger partial charge in [-0.25, -0.2) is 9.78 Å². The van der Waals surface area contributed by atoms with Gasteiger partial charge in [-0.3, -0.25) is 0 Å². The monoisotopic (exact) mass is 404 g/mol. The average Bonchev–Trinajstić information content (AvgIpc) is 3.34. The summed E-state index contributed by atoms with van der Waals surface area (Å²) in [4.78, 5) is 22.7. The molecule has 2 aromatic carbocycles. The van der Waals surface area contributed by atoms with Gasteiger partial charge in [-0.05, 0) is 42.7 Å². The van der Waals surface area contributed by atoms with Gasteiger partial charge in [0.15, 0.2) is 11.5 Å². The van der Waals surface area contributed by atoms with Gasteiger partial charge in [-0.1, -0.05) is 24.3 Å². The van der Waals surface area contributed by atoms with Crippen molar-refractivity contribution in [1.82, 2.24) is 9.97 Å². The van der Waals surface area contributed by atoms with Crippen LogP contribution in [0.2, 0.25) is 0 Å². The quantitative estimate of drug-likeness (QED) is 0.666. The summed E-state index contributed by atoms with van der Waals surface area (Å²) < 4.78 is 10.7. The number of ether oxygens (including phenoxy) is 2. The van der Waals surface area contributed by atoms with Crippen molar-refractivity contribution in [2.75, 3.05) is 17.0 Å². The topological polar surface area (TPSA) is 96.8 Å². The minimum atomic E-state index is -1.08. The highest BCUT2D eigenvalue weighted by atomic mass is 16.7. The third-order valence-electron chi connectivity index (χ3n) is 5.33. The van der Waals surface area contributed by atoms with Crippen LogP contribution < -0.4 is 19.7 Å². The summed E-state index contributed by atoms with van der Waals surface area (Å²) in [6.07, 6.45) is 2.25. The number of fused-ring (bicyclic) bond motifs is 2. The van der Waals surface area contributed by atoms with Gasteiger partial charge in [0.2, 0.25) is 12.7 Å². The van der Waals surface area contributed by atoms with Crippen LogP contribution in [0.5, 0.6) is 11.5 Å². The predicted octanol–water partition coefficient (Wildman–Crippen LogP) is 3.60. The van der Waals surface area contributed by atoms with Crippen LogP contribution in [0.4, 0.5) is 17.5 Å². The zero-order valence-electron chi connectivity index (χ0n) is 16.3. The van der Waals surface area contributed by atoms with Gasteiger partial charge in [-0.15, -0.1) is 0 Å². The summed E-state index contributed by atoms with van der Waals surface area (Å²) in [5, 5.41) is 12.7. The third kappa shape index (κ3) is 3.16. The lowest BCUT2D eigenvalue weighted by atomic mass is 10.1. The summed E-state index contributed by atoms with van der Waals surface area (Å²) >= 11 is 0. The van der Waals surface area contributed by atoms with E-state index in [4.69, 9.17) is 9.47 Å². The number of carboxylic acid groups (broad SMARTS) is 1. The fourth-order valence-corrected chi connectivity index (χ4v) is 3.89. The Morgan fingerprint density at radius 1 is 1.23 bits per heavy atom. The molecule has 0 saturated heterocycles. The number of para-hydroxylation sites is 1. The van der Waals surface area contributed by atoms with E-state index in [0.29, 0.717) is 24.0 Å². The molecular formula is C22H20N4O4. The molecule has 5 rings (SSSR count). The van der Waals surface area contributed by atoms with Gasteiger partial charge in [-0.2, -0.15) is 4.98 Å². The molecule has 8 heteroatoms. The number of nitrogens with one attached hydrogen (secondary N) is 1. The highest BCUT2D eigenvalue weighted by Gasteiger charge is 2.29. The number of carbonyl (C=O) groups is 1. The molecule has 1 atom stereocenters. The van der Waals surface area contributed by atoms with Crippen molar-refractivity contribution in [3.63, 3.8) is 0 Å². The molecule has 3 aromatic rings. The molecule has 0 aliphatic carbocycles. The highest BCUT2D eigenvalue weighted by Crippen LogP contribution is 2.37. The molecule has 1 aromatic heterocycles. The number of hydrogen-bond acceptors (Lipinski definition) is 7. The van der Waals surface area contributed by atoms with E-state index in [-0.39, 0.29) is 24.2 Å². The Bertz CT molecular complexity index is 1130. The van der Waals surface area contributed by atoms with Crippen molar-refractivity contribution in [1.29, 1.82) is 0 Å². The maximum atomic E-state index is 11.7. The van der Waals surface area contributed by atoms with E-state index in [1.54, 1.807) is 0 Å². The third-order valence-corrected chi connectivity index (χ3v) is 5.33. The Hall–Kier alpha value is -3.81. The summed E-state index contributed by atoms with van der Waals surface area (Å²) in [5.41, 5.74) is 3.23. The smallest absolute Gasteiger partial charge is 0.341 e. The fraction of sp³-hybridized carbons (Fsp3) is 0.227. The Labute approximate surface area is 173 Å². The molecule has 0 amide bonds. The van der Waals surface area contributed by atoms with Crippen LogP contribution in [-0.4, -0.2) is 33.9 Å². The Kier molecular flexibility index (Phi) is 4.39. The van der Waals surface area contributed by atoms with Gasteiger partial charge in [0.25, 0.3) is 0 Å². The number of aromatic carboxylic acids is 1. The van der Waals surface area contributed by atoms with Crippen LogP contribution >= 0.6 is 0 Å². The number of rotatable bonds is 5. The number of anilines is 3. The van der Waals surface area contributed by atoms with E-state index in [1.165, 1.54) is 11.8 Å². The zero-order valence-corrected chi connectivity index (χ0v) is 16.3. The van der Waals surface area contributed by atoms with Crippen molar-refractivity contribution in [3.8, 4) is 11.5 Å². The second kappa shape index (κ2) is 7.22. The van der Waals surface area contributed by atoms with Crippen LogP contribution in [0.15, 0.2) is 48.7 Å². The number of hydrogen-bond donors (Lipinski definition) is 2. The molecular weight excluding hydrogens is 384 g/mol. The average molecular weight is 404 g/mol. The lowest BCUT2D eigenvalue weighted by Gasteiger charge is -2.23. The van der Waals surface area contributed by atoms with Gasteiger partial charge in [0.05, 0.1) is 0 Å². The number of carboxylic acids is 1. The number of nitrogens with zero attached hydrogens (tertiary/aromatic N) is 3. The van der Waals surface area contributed by atoms with Crippen LogP contribution in [-0.2, 0) is 13.0 Å². The molecule has 2 N–H and O–H groups in total. The minimum absolute atomic E-state index is 0.0274. The van der Waals surface area contributed by atoms with E-state index in [2.05, 4.69) is 28.3 Å². The maximum Gasteiger partial charge on any atom is 0.341 e. The number of aromatic nitrogens is 2. The first-order valence-corrected chi connectivity index (χ1v) is 9.70. The lowest BCUT2D eigenvalue weighted by Crippen LogP contribution is -2.26. The van der Waals surface area contributed by atoms with Crippen LogP contribution in [0.3, 0.4) is 0 Å². The molecule has 0 fully saturated rings. The van der Waals surface area contributed by atoms with Crippen molar-refractivity contribution in [3.05, 3.63) is 65.4 Å². The summed E-state index contributed by atoms with van der Waals surface area (Å²) in [7, 11) is 0. The standard InChI is InChI=1S/C22H20N4O4/c1-13-8-15-4-2-3-5-17(15)26(13)22-24-11-16(21(27)28)20(25-22)23-10-14-6-7-18-19(9-14)30-12-29-18/h2-7,9,11,13H,8,10,12H2,1H3,(H,27,28)(H,23,24,25). The van der Waals surface area contributed by atoms with Crippen molar-refractivity contribution >= 4 is 23.4 Å². The van der Waals surface area contributed by atoms with Gasteiger partial charge in [0, 0.05) is 24.5 Å². The zero-order chi connectivity index (χ0) is 20.7. The molecule has 0 bridgehead atoms. The van der Waals surface area contributed by atoms with E-state index in [1.807, 2.05) is 41.3 Å². The normalized spacial score (nSPS) is 16.4. The summed E-state index contributed by atoms with van der Waals surface area (Å²) in [6, 6.07) is 13.9. The lowest BCUT2D eigenvalue weighted by molar-refractivity contribution is 0.0697. The van der Waals surface area contributed by atoms with Crippen molar-refractivity contribution in [2.24, 2.45) is 0 Å². The first-order chi connectivity index (χ1) is 14.6. The number of benzene rings is 2. The van der Waals surface area contributed by atoms with E-state index in [9.17, 15) is 9.90 Å². The maximum absolute atomic E-state index is 11.7. The van der Waals surface area contributed by atoms with Crippen molar-refractivity contribution in [2.45, 2.75) is 25.9 Å². The SMILES string of the molecule is CC1Cc2ccccc2N1c1ncc(C(=O)O)c(NCc2ccc3c(c2)OCO3)n1. The van der Waals surface area contributed by atoms with Gasteiger partial charge in [0.1, 0.15) is 11.4 Å². The van der Waals surface area contributed by atoms with Crippen LogP contribution in [0, 0.1) is 0 Å². The van der Waals surface area contributed by atoms with Gasteiger partial charge < -0.3 is 24.8 Å².